The first-order valence-corrected chi connectivity index (χ1v) is 11.2. The number of fused-ring (bicyclic) bond motifs is 2. The SMILES string of the molecule is Cc1cc(Nc2ccnc3c2CCC3O)ccc1NCCC1=CCc2c(C)cccc21. The number of hydrogen-bond donors (Lipinski definition) is 3. The van der Waals surface area contributed by atoms with Crippen LogP contribution in [-0.2, 0) is 12.8 Å². The molecule has 0 spiro atoms. The second kappa shape index (κ2) is 8.20. The molecule has 0 saturated carbocycles. The molecule has 0 saturated heterocycles. The van der Waals surface area contributed by atoms with Gasteiger partial charge < -0.3 is 15.7 Å². The van der Waals surface area contributed by atoms with Crippen molar-refractivity contribution in [2.24, 2.45) is 0 Å². The van der Waals surface area contributed by atoms with Crippen LogP contribution < -0.4 is 10.6 Å². The van der Waals surface area contributed by atoms with Gasteiger partial charge in [-0.3, -0.25) is 4.98 Å². The number of rotatable bonds is 6. The lowest BCUT2D eigenvalue weighted by Crippen LogP contribution is -2.04. The third-order valence-corrected chi connectivity index (χ3v) is 6.60. The van der Waals surface area contributed by atoms with Gasteiger partial charge in [0.2, 0.25) is 0 Å². The molecule has 0 bridgehead atoms. The molecule has 158 valence electrons. The number of pyridine rings is 1. The maximum absolute atomic E-state index is 10.1. The molecule has 0 amide bonds. The van der Waals surface area contributed by atoms with E-state index in [-0.39, 0.29) is 0 Å². The van der Waals surface area contributed by atoms with Gasteiger partial charge in [-0.2, -0.15) is 0 Å². The number of aliphatic hydroxyl groups excluding tert-OH is 1. The zero-order valence-electron chi connectivity index (χ0n) is 18.2. The van der Waals surface area contributed by atoms with Crippen LogP contribution >= 0.6 is 0 Å². The predicted molar refractivity (Wildman–Crippen MR) is 128 cm³/mol. The van der Waals surface area contributed by atoms with Crippen LogP contribution in [0.1, 0.15) is 52.5 Å². The van der Waals surface area contributed by atoms with E-state index in [2.05, 4.69) is 71.9 Å². The molecular formula is C27H29N3O. The van der Waals surface area contributed by atoms with Gasteiger partial charge in [0.15, 0.2) is 0 Å². The minimum Gasteiger partial charge on any atom is -0.387 e. The Hall–Kier alpha value is -3.11. The van der Waals surface area contributed by atoms with Crippen LogP contribution in [-0.4, -0.2) is 16.6 Å². The van der Waals surface area contributed by atoms with Gasteiger partial charge in [-0.15, -0.1) is 0 Å². The summed E-state index contributed by atoms with van der Waals surface area (Å²) in [4.78, 5) is 4.35. The zero-order chi connectivity index (χ0) is 21.4. The molecular weight excluding hydrogens is 382 g/mol. The Morgan fingerprint density at radius 2 is 1.94 bits per heavy atom. The van der Waals surface area contributed by atoms with E-state index < -0.39 is 6.10 Å². The van der Waals surface area contributed by atoms with E-state index in [1.165, 1.54) is 33.5 Å². The third kappa shape index (κ3) is 3.84. The fraction of sp³-hybridized carbons (Fsp3) is 0.296. The Balaban J connectivity index is 1.23. The van der Waals surface area contributed by atoms with Gasteiger partial charge in [0.25, 0.3) is 0 Å². The van der Waals surface area contributed by atoms with E-state index in [4.69, 9.17) is 0 Å². The van der Waals surface area contributed by atoms with Crippen LogP contribution in [0.15, 0.2) is 54.7 Å². The summed E-state index contributed by atoms with van der Waals surface area (Å²) in [6.45, 7) is 5.26. The van der Waals surface area contributed by atoms with Crippen molar-refractivity contribution in [2.75, 3.05) is 17.2 Å². The van der Waals surface area contributed by atoms with E-state index in [1.54, 1.807) is 6.20 Å². The van der Waals surface area contributed by atoms with Crippen molar-refractivity contribution >= 4 is 22.6 Å². The van der Waals surface area contributed by atoms with Crippen LogP contribution in [0.3, 0.4) is 0 Å². The van der Waals surface area contributed by atoms with E-state index in [0.717, 1.165) is 54.9 Å². The lowest BCUT2D eigenvalue weighted by Gasteiger charge is -2.15. The molecule has 1 atom stereocenters. The van der Waals surface area contributed by atoms with Crippen molar-refractivity contribution in [2.45, 2.75) is 45.6 Å². The fourth-order valence-corrected chi connectivity index (χ4v) is 4.87. The number of benzene rings is 2. The van der Waals surface area contributed by atoms with Crippen LogP contribution in [0, 0.1) is 13.8 Å². The molecule has 1 unspecified atom stereocenters. The van der Waals surface area contributed by atoms with Gasteiger partial charge in [-0.25, -0.2) is 0 Å². The van der Waals surface area contributed by atoms with Gasteiger partial charge >= 0.3 is 0 Å². The highest BCUT2D eigenvalue weighted by Crippen LogP contribution is 2.36. The molecule has 4 nitrogen and oxygen atoms in total. The lowest BCUT2D eigenvalue weighted by molar-refractivity contribution is 0.176. The van der Waals surface area contributed by atoms with Crippen molar-refractivity contribution in [3.05, 3.63) is 88.2 Å². The van der Waals surface area contributed by atoms with Crippen LogP contribution in [0.5, 0.6) is 0 Å². The Morgan fingerprint density at radius 3 is 2.81 bits per heavy atom. The number of nitrogens with zero attached hydrogens (tertiary/aromatic N) is 1. The normalized spacial score (nSPS) is 16.6. The Kier molecular flexibility index (Phi) is 5.24. The maximum Gasteiger partial charge on any atom is 0.0966 e. The van der Waals surface area contributed by atoms with Gasteiger partial charge in [-0.1, -0.05) is 24.3 Å². The number of aromatic nitrogens is 1. The van der Waals surface area contributed by atoms with Crippen molar-refractivity contribution in [1.29, 1.82) is 0 Å². The molecule has 0 radical (unpaired) electrons. The zero-order valence-corrected chi connectivity index (χ0v) is 18.2. The van der Waals surface area contributed by atoms with Crippen LogP contribution in [0.2, 0.25) is 0 Å². The highest BCUT2D eigenvalue weighted by molar-refractivity contribution is 5.74. The smallest absolute Gasteiger partial charge is 0.0966 e. The molecule has 2 aromatic carbocycles. The lowest BCUT2D eigenvalue weighted by atomic mass is 10.00. The van der Waals surface area contributed by atoms with E-state index in [1.807, 2.05) is 6.07 Å². The molecule has 31 heavy (non-hydrogen) atoms. The molecule has 1 heterocycles. The average Bonchev–Trinajstić information content (AvgIpc) is 3.35. The third-order valence-electron chi connectivity index (χ3n) is 6.60. The second-order valence-electron chi connectivity index (χ2n) is 8.64. The predicted octanol–water partition coefficient (Wildman–Crippen LogP) is 5.86. The number of aliphatic hydroxyl groups is 1. The molecule has 0 fully saturated rings. The van der Waals surface area contributed by atoms with Gasteiger partial charge in [0.05, 0.1) is 11.8 Å². The highest BCUT2D eigenvalue weighted by Gasteiger charge is 2.24. The Morgan fingerprint density at radius 1 is 1.03 bits per heavy atom. The molecule has 3 aromatic rings. The molecule has 2 aliphatic carbocycles. The minimum atomic E-state index is -0.434. The molecule has 2 aliphatic rings. The number of hydrogen-bond acceptors (Lipinski definition) is 4. The topological polar surface area (TPSA) is 57.2 Å². The maximum atomic E-state index is 10.1. The summed E-state index contributed by atoms with van der Waals surface area (Å²) in [5.74, 6) is 0. The first kappa shape index (κ1) is 19.8. The molecule has 4 heteroatoms. The summed E-state index contributed by atoms with van der Waals surface area (Å²) >= 11 is 0. The monoisotopic (exact) mass is 411 g/mol. The largest absolute Gasteiger partial charge is 0.387 e. The first-order valence-electron chi connectivity index (χ1n) is 11.2. The van der Waals surface area contributed by atoms with Crippen molar-refractivity contribution in [3.8, 4) is 0 Å². The number of anilines is 3. The van der Waals surface area contributed by atoms with Gasteiger partial charge in [-0.05, 0) is 97.2 Å². The molecule has 3 N–H and O–H groups in total. The Labute approximate surface area is 184 Å². The van der Waals surface area contributed by atoms with Crippen molar-refractivity contribution in [1.82, 2.24) is 4.98 Å². The van der Waals surface area contributed by atoms with Gasteiger partial charge in [0.1, 0.15) is 0 Å². The number of aryl methyl sites for hydroxylation is 2. The first-order chi connectivity index (χ1) is 15.1. The molecule has 0 aliphatic heterocycles. The summed E-state index contributed by atoms with van der Waals surface area (Å²) in [5.41, 5.74) is 12.2. The van der Waals surface area contributed by atoms with Crippen molar-refractivity contribution < 1.29 is 5.11 Å². The fourth-order valence-electron chi connectivity index (χ4n) is 4.87. The van der Waals surface area contributed by atoms with E-state index in [9.17, 15) is 5.11 Å². The second-order valence-corrected chi connectivity index (χ2v) is 8.64. The molecule has 1 aromatic heterocycles. The van der Waals surface area contributed by atoms with Gasteiger partial charge in [0, 0.05) is 29.8 Å². The number of nitrogens with one attached hydrogen (secondary N) is 2. The summed E-state index contributed by atoms with van der Waals surface area (Å²) in [7, 11) is 0. The van der Waals surface area contributed by atoms with Crippen molar-refractivity contribution in [3.63, 3.8) is 0 Å². The van der Waals surface area contributed by atoms with Crippen LogP contribution in [0.25, 0.3) is 5.57 Å². The summed E-state index contributed by atoms with van der Waals surface area (Å²) in [6.07, 6.45) is 7.43. The Bertz CT molecular complexity index is 1170. The molecule has 5 rings (SSSR count). The number of allylic oxidation sites excluding steroid dienone is 1. The summed E-state index contributed by atoms with van der Waals surface area (Å²) in [5, 5.41) is 17.2. The van der Waals surface area contributed by atoms with Crippen LogP contribution in [0.4, 0.5) is 17.1 Å². The van der Waals surface area contributed by atoms with E-state index >= 15 is 0 Å². The quantitative estimate of drug-likeness (QED) is 0.475. The minimum absolute atomic E-state index is 0.434. The standard InChI is InChI=1S/C27H29N3O/c1-17-4-3-5-22-19(6-8-21(17)22)12-14-28-24-10-7-20(16-18(24)2)30-25-13-15-29-27-23(25)9-11-26(27)31/h3-7,10,13,15-16,26,28,31H,8-9,11-12,14H2,1-2H3,(H,29,30). The highest BCUT2D eigenvalue weighted by atomic mass is 16.3. The summed E-state index contributed by atoms with van der Waals surface area (Å²) in [6, 6.07) is 15.0. The summed E-state index contributed by atoms with van der Waals surface area (Å²) < 4.78 is 0. The average molecular weight is 412 g/mol. The van der Waals surface area contributed by atoms with E-state index in [0.29, 0.717) is 0 Å².